The zero-order valence-corrected chi connectivity index (χ0v) is 21.1. The molecule has 0 radical (unpaired) electrons. The van der Waals surface area contributed by atoms with Crippen LogP contribution in [0.4, 0.5) is 0 Å². The van der Waals surface area contributed by atoms with Crippen LogP contribution < -0.4 is 0 Å². The lowest BCUT2D eigenvalue weighted by atomic mass is 10.1. The molecule has 8 nitrogen and oxygen atoms in total. The van der Waals surface area contributed by atoms with Gasteiger partial charge in [-0.1, -0.05) is 13.0 Å². The van der Waals surface area contributed by atoms with E-state index >= 15 is 0 Å². The normalized spacial score (nSPS) is 17.2. The molecule has 2 aromatic heterocycles. The average Bonchev–Trinajstić information content (AvgIpc) is 3.45. The monoisotopic (exact) mass is 498 g/mol. The summed E-state index contributed by atoms with van der Waals surface area (Å²) in [5.41, 5.74) is 3.45. The van der Waals surface area contributed by atoms with Gasteiger partial charge in [0.2, 0.25) is 10.0 Å². The highest BCUT2D eigenvalue weighted by molar-refractivity contribution is 7.89. The fraction of sp³-hybridized carbons (Fsp3) is 0.458. The molecule has 0 N–H and O–H groups in total. The van der Waals surface area contributed by atoms with Gasteiger partial charge >= 0.3 is 0 Å². The molecule has 0 bridgehead atoms. The van der Waals surface area contributed by atoms with Crippen LogP contribution >= 0.6 is 12.2 Å². The van der Waals surface area contributed by atoms with Crippen molar-refractivity contribution in [3.8, 4) is 11.4 Å². The Balaban J connectivity index is 1.29. The van der Waals surface area contributed by atoms with Gasteiger partial charge in [-0.25, -0.2) is 13.1 Å². The highest BCUT2D eigenvalue weighted by Crippen LogP contribution is 2.27. The maximum atomic E-state index is 13.2. The zero-order chi connectivity index (χ0) is 23.7. The summed E-state index contributed by atoms with van der Waals surface area (Å²) in [4.78, 5) is 6.74. The minimum atomic E-state index is -3.48. The number of aromatic nitrogens is 4. The molecular formula is C24H30N6O2S2. The maximum Gasteiger partial charge on any atom is 0.243 e. The minimum Gasteiger partial charge on any atom is -0.300 e. The van der Waals surface area contributed by atoms with Crippen molar-refractivity contribution in [1.82, 2.24) is 28.5 Å². The van der Waals surface area contributed by atoms with Crippen LogP contribution in [-0.4, -0.2) is 63.1 Å². The first-order chi connectivity index (χ1) is 16.5. The fourth-order valence-corrected chi connectivity index (χ4v) is 6.58. The summed E-state index contributed by atoms with van der Waals surface area (Å²) in [6, 6.07) is 9.52. The van der Waals surface area contributed by atoms with Crippen LogP contribution in [0.1, 0.15) is 30.9 Å². The quantitative estimate of drug-likeness (QED) is 0.465. The van der Waals surface area contributed by atoms with Gasteiger partial charge in [0, 0.05) is 50.7 Å². The molecule has 0 unspecified atom stereocenters. The van der Waals surface area contributed by atoms with Crippen molar-refractivity contribution in [2.45, 2.75) is 50.7 Å². The number of sulfonamides is 1. The molecule has 5 rings (SSSR count). The smallest absolute Gasteiger partial charge is 0.243 e. The van der Waals surface area contributed by atoms with E-state index in [4.69, 9.17) is 17.3 Å². The van der Waals surface area contributed by atoms with Gasteiger partial charge in [0.25, 0.3) is 0 Å². The molecule has 3 heterocycles. The first-order valence-corrected chi connectivity index (χ1v) is 13.7. The van der Waals surface area contributed by atoms with Crippen LogP contribution in [0.5, 0.6) is 0 Å². The Morgan fingerprint density at radius 2 is 1.74 bits per heavy atom. The van der Waals surface area contributed by atoms with Crippen molar-refractivity contribution in [3.63, 3.8) is 0 Å². The molecule has 34 heavy (non-hydrogen) atoms. The molecule has 1 fully saturated rings. The molecule has 3 aromatic rings. The first kappa shape index (κ1) is 23.3. The summed E-state index contributed by atoms with van der Waals surface area (Å²) in [6.45, 7) is 5.65. The van der Waals surface area contributed by atoms with Crippen LogP contribution in [0, 0.1) is 4.77 Å². The van der Waals surface area contributed by atoms with E-state index in [-0.39, 0.29) is 0 Å². The summed E-state index contributed by atoms with van der Waals surface area (Å²) in [5.74, 6) is 0.840. The van der Waals surface area contributed by atoms with Crippen molar-refractivity contribution in [3.05, 3.63) is 58.6 Å². The topological polar surface area (TPSA) is 76.3 Å². The third-order valence-corrected chi connectivity index (χ3v) is 9.01. The summed E-state index contributed by atoms with van der Waals surface area (Å²) < 4.78 is 32.7. The molecule has 180 valence electrons. The number of hydrogen-bond donors (Lipinski definition) is 0. The standard InChI is InChI=1S/C24H30N6O2S2/c1-2-12-29-23(20-8-10-25-11-9-20)26-30(24(29)33)18-27-13-15-28(16-14-27)34(31,32)22-7-6-19-4-3-5-21(19)17-22/h6-11,17H,2-5,12-16,18H2,1H3. The lowest BCUT2D eigenvalue weighted by molar-refractivity contribution is 0.144. The molecule has 0 spiro atoms. The van der Waals surface area contributed by atoms with E-state index in [9.17, 15) is 8.42 Å². The number of benzene rings is 1. The van der Waals surface area contributed by atoms with E-state index in [0.29, 0.717) is 42.5 Å². The Labute approximate surface area is 205 Å². The summed E-state index contributed by atoms with van der Waals surface area (Å²) in [5, 5.41) is 4.82. The zero-order valence-electron chi connectivity index (χ0n) is 19.4. The average molecular weight is 499 g/mol. The highest BCUT2D eigenvalue weighted by Gasteiger charge is 2.30. The van der Waals surface area contributed by atoms with E-state index in [1.165, 1.54) is 11.1 Å². The lowest BCUT2D eigenvalue weighted by Gasteiger charge is -2.33. The third-order valence-electron chi connectivity index (χ3n) is 6.68. The minimum absolute atomic E-state index is 0.420. The first-order valence-electron chi connectivity index (χ1n) is 11.9. The molecule has 1 aromatic carbocycles. The summed E-state index contributed by atoms with van der Waals surface area (Å²) in [6.07, 6.45) is 7.60. The number of aryl methyl sites for hydroxylation is 2. The Bertz CT molecular complexity index is 1330. The number of pyridine rings is 1. The Morgan fingerprint density at radius 1 is 1.00 bits per heavy atom. The van der Waals surface area contributed by atoms with Gasteiger partial charge in [-0.15, -0.1) is 0 Å². The van der Waals surface area contributed by atoms with Gasteiger partial charge < -0.3 is 0 Å². The van der Waals surface area contributed by atoms with Crippen molar-refractivity contribution < 1.29 is 8.42 Å². The van der Waals surface area contributed by atoms with Gasteiger partial charge in [-0.05, 0) is 73.3 Å². The molecule has 0 amide bonds. The molecular weight excluding hydrogens is 468 g/mol. The van der Waals surface area contributed by atoms with Gasteiger partial charge in [0.15, 0.2) is 10.6 Å². The van der Waals surface area contributed by atoms with Crippen molar-refractivity contribution in [1.29, 1.82) is 0 Å². The second-order valence-electron chi connectivity index (χ2n) is 8.94. The Kier molecular flexibility index (Phi) is 6.65. The fourth-order valence-electron chi connectivity index (χ4n) is 4.83. The Hall–Kier alpha value is -2.40. The van der Waals surface area contributed by atoms with Crippen LogP contribution in [0.3, 0.4) is 0 Å². The second kappa shape index (κ2) is 9.69. The largest absolute Gasteiger partial charge is 0.300 e. The second-order valence-corrected chi connectivity index (χ2v) is 11.2. The predicted octanol–water partition coefficient (Wildman–Crippen LogP) is 3.34. The van der Waals surface area contributed by atoms with E-state index in [1.807, 2.05) is 28.9 Å². The third kappa shape index (κ3) is 4.47. The van der Waals surface area contributed by atoms with E-state index in [1.54, 1.807) is 22.8 Å². The maximum absolute atomic E-state index is 13.2. The number of piperazine rings is 1. The SMILES string of the molecule is CCCn1c(-c2ccncc2)nn(CN2CCN(S(=O)(=O)c3ccc4c(c3)CCC4)CC2)c1=S. The van der Waals surface area contributed by atoms with Gasteiger partial charge in [0.1, 0.15) is 0 Å². The highest BCUT2D eigenvalue weighted by atomic mass is 32.2. The van der Waals surface area contributed by atoms with E-state index in [0.717, 1.165) is 43.6 Å². The molecule has 1 aliphatic heterocycles. The van der Waals surface area contributed by atoms with Crippen molar-refractivity contribution >= 4 is 22.2 Å². The van der Waals surface area contributed by atoms with E-state index < -0.39 is 10.0 Å². The molecule has 0 atom stereocenters. The summed E-state index contributed by atoms with van der Waals surface area (Å²) >= 11 is 5.75. The Morgan fingerprint density at radius 3 is 2.47 bits per heavy atom. The molecule has 10 heteroatoms. The van der Waals surface area contributed by atoms with Gasteiger partial charge in [-0.2, -0.15) is 9.40 Å². The number of hydrogen-bond acceptors (Lipinski definition) is 6. The molecule has 1 aliphatic carbocycles. The van der Waals surface area contributed by atoms with Crippen LogP contribution in [0.2, 0.25) is 0 Å². The lowest BCUT2D eigenvalue weighted by Crippen LogP contribution is -2.49. The van der Waals surface area contributed by atoms with Crippen molar-refractivity contribution in [2.24, 2.45) is 0 Å². The van der Waals surface area contributed by atoms with Crippen molar-refractivity contribution in [2.75, 3.05) is 26.2 Å². The van der Waals surface area contributed by atoms with E-state index in [2.05, 4.69) is 21.4 Å². The van der Waals surface area contributed by atoms with Crippen LogP contribution in [0.15, 0.2) is 47.6 Å². The predicted molar refractivity (Wildman–Crippen MR) is 133 cm³/mol. The van der Waals surface area contributed by atoms with Gasteiger partial charge in [-0.3, -0.25) is 14.5 Å². The number of nitrogens with zero attached hydrogens (tertiary/aromatic N) is 6. The number of fused-ring (bicyclic) bond motifs is 1. The van der Waals surface area contributed by atoms with Crippen LogP contribution in [0.25, 0.3) is 11.4 Å². The number of rotatable bonds is 7. The molecule has 2 aliphatic rings. The van der Waals surface area contributed by atoms with Crippen LogP contribution in [-0.2, 0) is 36.1 Å². The molecule has 1 saturated heterocycles. The van der Waals surface area contributed by atoms with Gasteiger partial charge in [0.05, 0.1) is 11.6 Å². The molecule has 0 saturated carbocycles. The summed E-state index contributed by atoms with van der Waals surface area (Å²) in [7, 11) is -3.48.